The molecule has 3 N–H and O–H groups in total. The predicted octanol–water partition coefficient (Wildman–Crippen LogP) is 2.03. The van der Waals surface area contributed by atoms with Gasteiger partial charge in [-0.05, 0) is 24.6 Å². The second kappa shape index (κ2) is 8.55. The quantitative estimate of drug-likeness (QED) is 0.745. The maximum Gasteiger partial charge on any atom is 0.414 e. The van der Waals surface area contributed by atoms with Gasteiger partial charge in [-0.15, -0.1) is 0 Å². The summed E-state index contributed by atoms with van der Waals surface area (Å²) in [6.45, 7) is 3.75. The first-order valence-electron chi connectivity index (χ1n) is 6.24. The number of furan rings is 1. The van der Waals surface area contributed by atoms with Crippen molar-refractivity contribution in [3.05, 3.63) is 59.5 Å². The van der Waals surface area contributed by atoms with Gasteiger partial charge in [-0.3, -0.25) is 0 Å². The van der Waals surface area contributed by atoms with E-state index in [1.165, 1.54) is 11.1 Å². The van der Waals surface area contributed by atoms with Crippen LogP contribution >= 0.6 is 0 Å². The largest absolute Gasteiger partial charge is 0.473 e. The van der Waals surface area contributed by atoms with Gasteiger partial charge in [-0.25, -0.2) is 9.59 Å². The number of hydrogen-bond donors (Lipinski definition) is 3. The molecule has 0 saturated heterocycles. The highest BCUT2D eigenvalue weighted by Gasteiger charge is 2.04. The molecule has 2 rings (SSSR count). The van der Waals surface area contributed by atoms with Gasteiger partial charge in [0.1, 0.15) is 5.76 Å². The topological polar surface area (TPSA) is 99.8 Å². The molecule has 1 heterocycles. The minimum Gasteiger partial charge on any atom is -0.473 e. The van der Waals surface area contributed by atoms with E-state index in [0.29, 0.717) is 0 Å². The summed E-state index contributed by atoms with van der Waals surface area (Å²) in [4.78, 5) is 18.2. The van der Waals surface area contributed by atoms with Crippen molar-refractivity contribution in [2.24, 2.45) is 0 Å². The van der Waals surface area contributed by atoms with Crippen molar-refractivity contribution in [2.45, 2.75) is 20.0 Å². The highest BCUT2D eigenvalue weighted by atomic mass is 16.4. The molecule has 0 amide bonds. The minimum absolute atomic E-state index is 0.779. The third-order valence-corrected chi connectivity index (χ3v) is 2.51. The molecule has 0 fully saturated rings. The molecule has 0 aliphatic heterocycles. The molecule has 6 nitrogen and oxygen atoms in total. The summed E-state index contributed by atoms with van der Waals surface area (Å²) in [7, 11) is 0. The third kappa shape index (κ3) is 6.93. The van der Waals surface area contributed by atoms with Crippen LogP contribution in [0.4, 0.5) is 0 Å². The number of nitrogens with one attached hydrogen (secondary N) is 1. The van der Waals surface area contributed by atoms with Crippen LogP contribution in [0.15, 0.2) is 47.1 Å². The van der Waals surface area contributed by atoms with Gasteiger partial charge in [0.05, 0.1) is 12.8 Å². The Balaban J connectivity index is 0.000000315. The average Bonchev–Trinajstić information content (AvgIpc) is 2.95. The lowest BCUT2D eigenvalue weighted by Gasteiger charge is -2.03. The van der Waals surface area contributed by atoms with E-state index in [1.54, 1.807) is 6.26 Å². The molecule has 1 aromatic heterocycles. The number of aliphatic carboxylic acids is 2. The molecule has 0 unspecified atom stereocenters. The van der Waals surface area contributed by atoms with Crippen molar-refractivity contribution in [1.82, 2.24) is 5.32 Å². The molecule has 6 heteroatoms. The van der Waals surface area contributed by atoms with Crippen molar-refractivity contribution in [3.63, 3.8) is 0 Å². The van der Waals surface area contributed by atoms with Crippen LogP contribution < -0.4 is 5.32 Å². The van der Waals surface area contributed by atoms with Gasteiger partial charge >= 0.3 is 11.9 Å². The lowest BCUT2D eigenvalue weighted by atomic mass is 10.1. The standard InChI is InChI=1S/C13H15NO.C2H2O4/c1-11-4-6-12(7-5-11)9-14-10-13-3-2-8-15-13;3-1(4)2(5)6/h2-8,14H,9-10H2,1H3;(H,3,4)(H,5,6). The molecule has 2 aromatic rings. The Morgan fingerprint density at radius 3 is 2.14 bits per heavy atom. The van der Waals surface area contributed by atoms with E-state index < -0.39 is 11.9 Å². The van der Waals surface area contributed by atoms with E-state index in [4.69, 9.17) is 24.2 Å². The van der Waals surface area contributed by atoms with Gasteiger partial charge < -0.3 is 19.9 Å². The number of carboxylic acids is 2. The Kier molecular flexibility index (Phi) is 6.70. The Labute approximate surface area is 122 Å². The van der Waals surface area contributed by atoms with E-state index in [1.807, 2.05) is 12.1 Å². The van der Waals surface area contributed by atoms with Crippen molar-refractivity contribution in [2.75, 3.05) is 0 Å². The zero-order chi connectivity index (χ0) is 15.7. The summed E-state index contributed by atoms with van der Waals surface area (Å²) < 4.78 is 5.23. The van der Waals surface area contributed by atoms with E-state index in [0.717, 1.165) is 18.8 Å². The van der Waals surface area contributed by atoms with Crippen LogP contribution in [-0.4, -0.2) is 22.2 Å². The molecule has 0 bridgehead atoms. The molecule has 0 spiro atoms. The normalized spacial score (nSPS) is 9.57. The molecule has 0 radical (unpaired) electrons. The van der Waals surface area contributed by atoms with E-state index in [-0.39, 0.29) is 0 Å². The van der Waals surface area contributed by atoms with Crippen LogP contribution in [0.5, 0.6) is 0 Å². The van der Waals surface area contributed by atoms with Crippen LogP contribution in [0, 0.1) is 6.92 Å². The van der Waals surface area contributed by atoms with Crippen LogP contribution in [0.1, 0.15) is 16.9 Å². The number of aryl methyl sites for hydroxylation is 1. The fraction of sp³-hybridized carbons (Fsp3) is 0.200. The second-order valence-corrected chi connectivity index (χ2v) is 4.28. The molecular weight excluding hydrogens is 274 g/mol. The first-order valence-corrected chi connectivity index (χ1v) is 6.24. The Bertz CT molecular complexity index is 548. The number of hydrogen-bond acceptors (Lipinski definition) is 4. The third-order valence-electron chi connectivity index (χ3n) is 2.51. The number of carbonyl (C=O) groups is 2. The molecular formula is C15H17NO5. The van der Waals surface area contributed by atoms with Crippen molar-refractivity contribution in [1.29, 1.82) is 0 Å². The van der Waals surface area contributed by atoms with E-state index >= 15 is 0 Å². The predicted molar refractivity (Wildman–Crippen MR) is 75.7 cm³/mol. The van der Waals surface area contributed by atoms with Gasteiger partial charge in [0.15, 0.2) is 0 Å². The van der Waals surface area contributed by atoms with E-state index in [9.17, 15) is 0 Å². The van der Waals surface area contributed by atoms with Gasteiger partial charge in [0.25, 0.3) is 0 Å². The van der Waals surface area contributed by atoms with Crippen LogP contribution in [0.2, 0.25) is 0 Å². The van der Waals surface area contributed by atoms with Gasteiger partial charge in [-0.1, -0.05) is 29.8 Å². The summed E-state index contributed by atoms with van der Waals surface area (Å²) in [6, 6.07) is 12.4. The van der Waals surface area contributed by atoms with Crippen molar-refractivity contribution >= 4 is 11.9 Å². The zero-order valence-electron chi connectivity index (χ0n) is 11.6. The Hall–Kier alpha value is -2.60. The maximum atomic E-state index is 9.10. The second-order valence-electron chi connectivity index (χ2n) is 4.28. The number of benzene rings is 1. The molecule has 0 aliphatic carbocycles. The smallest absolute Gasteiger partial charge is 0.414 e. The fourth-order valence-corrected chi connectivity index (χ4v) is 1.45. The summed E-state index contributed by atoms with van der Waals surface area (Å²) in [6.07, 6.45) is 1.70. The van der Waals surface area contributed by atoms with E-state index in [2.05, 4.69) is 36.5 Å². The number of rotatable bonds is 4. The lowest BCUT2D eigenvalue weighted by molar-refractivity contribution is -0.159. The Morgan fingerprint density at radius 1 is 1.05 bits per heavy atom. The molecule has 0 saturated carbocycles. The number of carboxylic acid groups (broad SMARTS) is 2. The summed E-state index contributed by atoms with van der Waals surface area (Å²) in [5, 5.41) is 18.1. The first kappa shape index (κ1) is 16.5. The SMILES string of the molecule is Cc1ccc(CNCc2ccco2)cc1.O=C(O)C(=O)O. The summed E-state index contributed by atoms with van der Waals surface area (Å²) in [5.41, 5.74) is 2.59. The van der Waals surface area contributed by atoms with Crippen LogP contribution in [0.25, 0.3) is 0 Å². The van der Waals surface area contributed by atoms with Crippen molar-refractivity contribution in [3.8, 4) is 0 Å². The van der Waals surface area contributed by atoms with Crippen LogP contribution in [-0.2, 0) is 22.7 Å². The summed E-state index contributed by atoms with van der Waals surface area (Å²) in [5.74, 6) is -2.67. The van der Waals surface area contributed by atoms with Gasteiger partial charge in [0.2, 0.25) is 0 Å². The minimum atomic E-state index is -1.82. The Morgan fingerprint density at radius 2 is 1.67 bits per heavy atom. The molecule has 0 aliphatic rings. The van der Waals surface area contributed by atoms with Crippen molar-refractivity contribution < 1.29 is 24.2 Å². The molecule has 0 atom stereocenters. The van der Waals surface area contributed by atoms with Gasteiger partial charge in [0, 0.05) is 6.54 Å². The molecule has 21 heavy (non-hydrogen) atoms. The van der Waals surface area contributed by atoms with Crippen LogP contribution in [0.3, 0.4) is 0 Å². The van der Waals surface area contributed by atoms with Gasteiger partial charge in [-0.2, -0.15) is 0 Å². The highest BCUT2D eigenvalue weighted by molar-refractivity contribution is 6.27. The maximum absolute atomic E-state index is 9.10. The fourth-order valence-electron chi connectivity index (χ4n) is 1.45. The summed E-state index contributed by atoms with van der Waals surface area (Å²) >= 11 is 0. The monoisotopic (exact) mass is 291 g/mol. The highest BCUT2D eigenvalue weighted by Crippen LogP contribution is 2.04. The average molecular weight is 291 g/mol. The lowest BCUT2D eigenvalue weighted by Crippen LogP contribution is -2.11. The molecule has 1 aromatic carbocycles. The first-order chi connectivity index (χ1) is 9.99. The zero-order valence-corrected chi connectivity index (χ0v) is 11.6. The molecule has 112 valence electrons.